The van der Waals surface area contributed by atoms with Gasteiger partial charge in [-0.15, -0.1) is 0 Å². The van der Waals surface area contributed by atoms with Crippen molar-refractivity contribution >= 4 is 0 Å². The molecule has 0 saturated carbocycles. The smallest absolute Gasteiger partial charge is 0.0701 e. The van der Waals surface area contributed by atoms with Crippen molar-refractivity contribution in [3.63, 3.8) is 0 Å². The van der Waals surface area contributed by atoms with E-state index in [4.69, 9.17) is 28.4 Å². The molecule has 1 atom stereocenters. The fraction of sp³-hybridized carbons (Fsp3) is 1.00. The highest BCUT2D eigenvalue weighted by molar-refractivity contribution is 4.59. The molecule has 0 aromatic heterocycles. The van der Waals surface area contributed by atoms with E-state index in [1.807, 2.05) is 6.92 Å². The van der Waals surface area contributed by atoms with Crippen molar-refractivity contribution in [3.05, 3.63) is 0 Å². The number of rotatable bonds is 26. The molecule has 0 radical (unpaired) electrons. The van der Waals surface area contributed by atoms with Crippen molar-refractivity contribution in [1.29, 1.82) is 0 Å². The van der Waals surface area contributed by atoms with Crippen LogP contribution < -0.4 is 0 Å². The van der Waals surface area contributed by atoms with Gasteiger partial charge < -0.3 is 28.4 Å². The topological polar surface area (TPSA) is 55.4 Å². The first-order valence-electron chi connectivity index (χ1n) is 12.7. The Morgan fingerprint density at radius 1 is 0.452 bits per heavy atom. The molecule has 0 fully saturated rings. The molecule has 0 spiro atoms. The van der Waals surface area contributed by atoms with Crippen LogP contribution in [0.3, 0.4) is 0 Å². The van der Waals surface area contributed by atoms with Gasteiger partial charge in [0.1, 0.15) is 0 Å². The molecule has 188 valence electrons. The van der Waals surface area contributed by atoms with Crippen LogP contribution in [0.15, 0.2) is 0 Å². The lowest BCUT2D eigenvalue weighted by Gasteiger charge is -2.17. The molecule has 6 nitrogen and oxygen atoms in total. The van der Waals surface area contributed by atoms with Crippen LogP contribution in [0, 0.1) is 11.8 Å². The zero-order valence-corrected chi connectivity index (χ0v) is 21.0. The van der Waals surface area contributed by atoms with Gasteiger partial charge in [-0.1, -0.05) is 46.5 Å². The Kier molecular flexibility index (Phi) is 25.8. The number of hydrogen-bond acceptors (Lipinski definition) is 6. The lowest BCUT2D eigenvalue weighted by Crippen LogP contribution is -2.17. The summed E-state index contributed by atoms with van der Waals surface area (Å²) in [5.74, 6) is 1.34. The average Bonchev–Trinajstić information content (AvgIpc) is 2.79. The van der Waals surface area contributed by atoms with Gasteiger partial charge in [-0.05, 0) is 38.0 Å². The minimum absolute atomic E-state index is 0.549. The Balaban J connectivity index is 3.54. The van der Waals surface area contributed by atoms with Crippen LogP contribution in [0.4, 0.5) is 0 Å². The van der Waals surface area contributed by atoms with Crippen LogP contribution in [-0.2, 0) is 28.4 Å². The fourth-order valence-corrected chi connectivity index (χ4v) is 3.27. The van der Waals surface area contributed by atoms with Gasteiger partial charge in [0.05, 0.1) is 52.9 Å². The molecular formula is C25H52O6. The van der Waals surface area contributed by atoms with E-state index in [9.17, 15) is 0 Å². The molecule has 0 N–H and O–H groups in total. The second-order valence-electron chi connectivity index (χ2n) is 7.99. The summed E-state index contributed by atoms with van der Waals surface area (Å²) in [5, 5.41) is 0. The molecule has 0 saturated heterocycles. The molecule has 0 amide bonds. The summed E-state index contributed by atoms with van der Waals surface area (Å²) in [7, 11) is 0. The van der Waals surface area contributed by atoms with E-state index in [-0.39, 0.29) is 0 Å². The van der Waals surface area contributed by atoms with Crippen molar-refractivity contribution in [2.45, 2.75) is 72.6 Å². The Labute approximate surface area is 192 Å². The molecule has 0 rings (SSSR count). The summed E-state index contributed by atoms with van der Waals surface area (Å²) in [6.07, 6.45) is 8.30. The van der Waals surface area contributed by atoms with Crippen molar-refractivity contribution in [1.82, 2.24) is 0 Å². The molecule has 0 aliphatic rings. The normalized spacial score (nSPS) is 12.7. The predicted octanol–water partition coefficient (Wildman–Crippen LogP) is 5.13. The number of unbranched alkanes of at least 4 members (excludes halogenated alkanes) is 1. The van der Waals surface area contributed by atoms with Gasteiger partial charge >= 0.3 is 0 Å². The molecule has 1 unspecified atom stereocenters. The zero-order valence-electron chi connectivity index (χ0n) is 21.0. The van der Waals surface area contributed by atoms with Gasteiger partial charge in [0.2, 0.25) is 0 Å². The highest BCUT2D eigenvalue weighted by Crippen LogP contribution is 2.14. The van der Waals surface area contributed by atoms with Gasteiger partial charge in [0.15, 0.2) is 0 Å². The summed E-state index contributed by atoms with van der Waals surface area (Å²) in [6, 6.07) is 0. The molecule has 0 aliphatic carbocycles. The first-order chi connectivity index (χ1) is 15.3. The first-order valence-corrected chi connectivity index (χ1v) is 12.7. The van der Waals surface area contributed by atoms with Gasteiger partial charge in [0, 0.05) is 26.4 Å². The lowest BCUT2D eigenvalue weighted by atomic mass is 10.00. The Hall–Kier alpha value is -0.240. The van der Waals surface area contributed by atoms with Crippen molar-refractivity contribution in [2.24, 2.45) is 11.8 Å². The number of hydrogen-bond donors (Lipinski definition) is 0. The van der Waals surface area contributed by atoms with Gasteiger partial charge in [0.25, 0.3) is 0 Å². The summed E-state index contributed by atoms with van der Waals surface area (Å²) in [5.41, 5.74) is 0. The summed E-state index contributed by atoms with van der Waals surface area (Å²) in [4.78, 5) is 0. The maximum atomic E-state index is 5.81. The van der Waals surface area contributed by atoms with Crippen LogP contribution in [-0.4, -0.2) is 79.3 Å². The van der Waals surface area contributed by atoms with E-state index in [0.29, 0.717) is 58.8 Å². The second kappa shape index (κ2) is 26.0. The van der Waals surface area contributed by atoms with Crippen molar-refractivity contribution in [2.75, 3.05) is 79.3 Å². The summed E-state index contributed by atoms with van der Waals surface area (Å²) < 4.78 is 33.5. The Morgan fingerprint density at radius 2 is 0.903 bits per heavy atom. The molecule has 31 heavy (non-hydrogen) atoms. The van der Waals surface area contributed by atoms with Crippen LogP contribution in [0.5, 0.6) is 0 Å². The van der Waals surface area contributed by atoms with Crippen molar-refractivity contribution < 1.29 is 28.4 Å². The predicted molar refractivity (Wildman–Crippen MR) is 127 cm³/mol. The third kappa shape index (κ3) is 22.7. The van der Waals surface area contributed by atoms with Crippen LogP contribution in [0.1, 0.15) is 72.6 Å². The minimum atomic E-state index is 0.549. The quantitative estimate of drug-likeness (QED) is 0.171. The van der Waals surface area contributed by atoms with Gasteiger partial charge in [-0.2, -0.15) is 0 Å². The molecule has 0 aliphatic heterocycles. The SMILES string of the molecule is CCCCC(CCOCCOCCOCCC(CC)CC)COCCOCCOCC. The van der Waals surface area contributed by atoms with Crippen molar-refractivity contribution in [3.8, 4) is 0 Å². The van der Waals surface area contributed by atoms with E-state index in [0.717, 1.165) is 45.2 Å². The minimum Gasteiger partial charge on any atom is -0.379 e. The number of ether oxygens (including phenoxy) is 6. The monoisotopic (exact) mass is 448 g/mol. The van der Waals surface area contributed by atoms with Gasteiger partial charge in [-0.25, -0.2) is 0 Å². The third-order valence-electron chi connectivity index (χ3n) is 5.51. The average molecular weight is 449 g/mol. The summed E-state index contributed by atoms with van der Waals surface area (Å²) >= 11 is 0. The Bertz CT molecular complexity index is 325. The van der Waals surface area contributed by atoms with Gasteiger partial charge in [-0.3, -0.25) is 0 Å². The molecule has 0 heterocycles. The summed E-state index contributed by atoms with van der Waals surface area (Å²) in [6.45, 7) is 17.0. The molecule has 6 heteroatoms. The maximum absolute atomic E-state index is 5.81. The highest BCUT2D eigenvalue weighted by atomic mass is 16.5. The van der Waals surface area contributed by atoms with E-state index in [1.54, 1.807) is 0 Å². The molecule has 0 aromatic carbocycles. The fourth-order valence-electron chi connectivity index (χ4n) is 3.27. The maximum Gasteiger partial charge on any atom is 0.0701 e. The van der Waals surface area contributed by atoms with E-state index >= 15 is 0 Å². The molecular weight excluding hydrogens is 396 g/mol. The van der Waals surface area contributed by atoms with E-state index in [1.165, 1.54) is 32.1 Å². The molecule has 0 aromatic rings. The first kappa shape index (κ1) is 30.8. The zero-order chi connectivity index (χ0) is 22.8. The third-order valence-corrected chi connectivity index (χ3v) is 5.51. The van der Waals surface area contributed by atoms with Crippen LogP contribution in [0.2, 0.25) is 0 Å². The van der Waals surface area contributed by atoms with Crippen LogP contribution >= 0.6 is 0 Å². The Morgan fingerprint density at radius 3 is 1.39 bits per heavy atom. The molecule has 0 bridgehead atoms. The largest absolute Gasteiger partial charge is 0.379 e. The van der Waals surface area contributed by atoms with E-state index < -0.39 is 0 Å². The standard InChI is InChI=1S/C25H52O6/c1-5-9-10-25(23-31-22-21-29-16-15-26-8-4)12-14-28-18-20-30-19-17-27-13-11-24(6-2)7-3/h24-25H,5-23H2,1-4H3. The lowest BCUT2D eigenvalue weighted by molar-refractivity contribution is -0.00287. The van der Waals surface area contributed by atoms with E-state index in [2.05, 4.69) is 20.8 Å². The highest BCUT2D eigenvalue weighted by Gasteiger charge is 2.09. The second-order valence-corrected chi connectivity index (χ2v) is 7.99. The van der Waals surface area contributed by atoms with Crippen LogP contribution in [0.25, 0.3) is 0 Å².